The summed E-state index contributed by atoms with van der Waals surface area (Å²) in [5.41, 5.74) is 0.580. The molecule has 1 N–H and O–H groups in total. The predicted octanol–water partition coefficient (Wildman–Crippen LogP) is 2.03. The van der Waals surface area contributed by atoms with Crippen LogP contribution in [-0.4, -0.2) is 17.0 Å². The zero-order chi connectivity index (χ0) is 10.5. The Morgan fingerprint density at radius 2 is 1.87 bits per heavy atom. The fourth-order valence-electron chi connectivity index (χ4n) is 3.12. The van der Waals surface area contributed by atoms with E-state index in [0.29, 0.717) is 12.3 Å². The lowest BCUT2D eigenvalue weighted by molar-refractivity contribution is 0.0614. The van der Waals surface area contributed by atoms with Crippen molar-refractivity contribution in [1.82, 2.24) is 0 Å². The Bertz CT molecular complexity index is 390. The van der Waals surface area contributed by atoms with Crippen LogP contribution in [0.25, 0.3) is 0 Å². The molecule has 2 bridgehead atoms. The van der Waals surface area contributed by atoms with E-state index in [9.17, 15) is 9.90 Å². The molecule has 0 aromatic heterocycles. The predicted molar refractivity (Wildman–Crippen MR) is 56.6 cm³/mol. The third kappa shape index (κ3) is 1.18. The maximum absolute atomic E-state index is 12.2. The summed E-state index contributed by atoms with van der Waals surface area (Å²) in [5, 5.41) is 9.65. The van der Waals surface area contributed by atoms with Gasteiger partial charge in [0.1, 0.15) is 0 Å². The Morgan fingerprint density at radius 3 is 2.40 bits per heavy atom. The van der Waals surface area contributed by atoms with Gasteiger partial charge in [-0.15, -0.1) is 0 Å². The third-order valence-corrected chi connectivity index (χ3v) is 3.97. The molecule has 3 aliphatic carbocycles. The number of ketones is 1. The largest absolute Gasteiger partial charge is 0.393 e. The Morgan fingerprint density at radius 1 is 1.20 bits per heavy atom. The van der Waals surface area contributed by atoms with Gasteiger partial charge >= 0.3 is 0 Å². The second kappa shape index (κ2) is 2.92. The van der Waals surface area contributed by atoms with Gasteiger partial charge in [-0.05, 0) is 25.2 Å². The van der Waals surface area contributed by atoms with Crippen LogP contribution < -0.4 is 0 Å². The van der Waals surface area contributed by atoms with Crippen LogP contribution in [0.1, 0.15) is 29.6 Å². The summed E-state index contributed by atoms with van der Waals surface area (Å²) in [4.78, 5) is 12.2. The molecule has 1 atom stereocenters. The second-order valence-corrected chi connectivity index (χ2v) is 4.92. The molecule has 0 spiro atoms. The van der Waals surface area contributed by atoms with Crippen molar-refractivity contribution in [2.24, 2.45) is 11.3 Å². The number of aliphatic hydroxyl groups is 1. The van der Waals surface area contributed by atoms with Crippen molar-refractivity contribution in [3.05, 3.63) is 35.9 Å². The first-order valence-electron chi connectivity index (χ1n) is 5.49. The highest BCUT2D eigenvalue weighted by Gasteiger charge is 2.59. The number of hydrogen-bond acceptors (Lipinski definition) is 2. The van der Waals surface area contributed by atoms with Crippen molar-refractivity contribution in [3.63, 3.8) is 0 Å². The smallest absolute Gasteiger partial charge is 0.169 e. The molecule has 3 fully saturated rings. The highest BCUT2D eigenvalue weighted by molar-refractivity contribution is 6.01. The van der Waals surface area contributed by atoms with E-state index in [2.05, 4.69) is 0 Å². The van der Waals surface area contributed by atoms with Crippen molar-refractivity contribution in [3.8, 4) is 0 Å². The van der Waals surface area contributed by atoms with Gasteiger partial charge in [-0.25, -0.2) is 0 Å². The van der Waals surface area contributed by atoms with E-state index in [0.717, 1.165) is 18.4 Å². The quantitative estimate of drug-likeness (QED) is 0.745. The van der Waals surface area contributed by atoms with Crippen molar-refractivity contribution in [2.75, 3.05) is 0 Å². The highest BCUT2D eigenvalue weighted by atomic mass is 16.3. The summed E-state index contributed by atoms with van der Waals surface area (Å²) in [6.07, 6.45) is 2.22. The molecule has 2 nitrogen and oxygen atoms in total. The first-order chi connectivity index (χ1) is 7.21. The van der Waals surface area contributed by atoms with Gasteiger partial charge in [-0.1, -0.05) is 30.3 Å². The summed E-state index contributed by atoms with van der Waals surface area (Å²) < 4.78 is 0. The van der Waals surface area contributed by atoms with Crippen LogP contribution in [0.4, 0.5) is 0 Å². The zero-order valence-electron chi connectivity index (χ0n) is 8.52. The summed E-state index contributed by atoms with van der Waals surface area (Å²) in [6, 6.07) is 9.45. The Labute approximate surface area is 88.9 Å². The standard InChI is InChI=1S/C13H14O2/c14-11-8-13(6-10(11)7-13)12(15)9-4-2-1-3-5-9/h1-5,10-11,14H,6-8H2/t10?,11-,13?/m1/s1. The molecular formula is C13H14O2. The van der Waals surface area contributed by atoms with Gasteiger partial charge in [0.15, 0.2) is 5.78 Å². The average Bonchev–Trinajstić information content (AvgIpc) is 2.70. The summed E-state index contributed by atoms with van der Waals surface area (Å²) >= 11 is 0. The Kier molecular flexibility index (Phi) is 1.77. The molecule has 3 saturated carbocycles. The van der Waals surface area contributed by atoms with Gasteiger partial charge < -0.3 is 5.11 Å². The zero-order valence-corrected chi connectivity index (χ0v) is 8.52. The average molecular weight is 202 g/mol. The molecule has 1 aromatic rings. The Balaban J connectivity index is 1.88. The van der Waals surface area contributed by atoms with E-state index in [1.54, 1.807) is 0 Å². The molecule has 15 heavy (non-hydrogen) atoms. The maximum Gasteiger partial charge on any atom is 0.169 e. The van der Waals surface area contributed by atoms with Crippen LogP contribution in [0.15, 0.2) is 30.3 Å². The number of carbonyl (C=O) groups is 1. The van der Waals surface area contributed by atoms with E-state index in [1.165, 1.54) is 0 Å². The fourth-order valence-corrected chi connectivity index (χ4v) is 3.12. The van der Waals surface area contributed by atoms with Gasteiger partial charge in [-0.3, -0.25) is 4.79 Å². The molecule has 1 aromatic carbocycles. The molecule has 78 valence electrons. The fraction of sp³-hybridized carbons (Fsp3) is 0.462. The lowest BCUT2D eigenvalue weighted by Gasteiger charge is -2.36. The molecule has 0 unspecified atom stereocenters. The number of hydrogen-bond donors (Lipinski definition) is 1. The van der Waals surface area contributed by atoms with Crippen LogP contribution in [0.2, 0.25) is 0 Å². The normalized spacial score (nSPS) is 37.4. The first kappa shape index (κ1) is 9.10. The monoisotopic (exact) mass is 202 g/mol. The van der Waals surface area contributed by atoms with Crippen molar-refractivity contribution >= 4 is 5.78 Å². The van der Waals surface area contributed by atoms with E-state index in [1.807, 2.05) is 30.3 Å². The number of aliphatic hydroxyl groups excluding tert-OH is 1. The SMILES string of the molecule is O=C(c1ccccc1)C12CC(C1)[C@H](O)C2. The van der Waals surface area contributed by atoms with Crippen LogP contribution in [0, 0.1) is 11.3 Å². The topological polar surface area (TPSA) is 37.3 Å². The Hall–Kier alpha value is -1.15. The number of rotatable bonds is 2. The molecule has 0 aliphatic heterocycles. The highest BCUT2D eigenvalue weighted by Crippen LogP contribution is 2.60. The lowest BCUT2D eigenvalue weighted by Crippen LogP contribution is -2.36. The summed E-state index contributed by atoms with van der Waals surface area (Å²) in [5.74, 6) is 0.619. The van der Waals surface area contributed by atoms with E-state index in [4.69, 9.17) is 0 Å². The van der Waals surface area contributed by atoms with E-state index in [-0.39, 0.29) is 17.3 Å². The van der Waals surface area contributed by atoms with Crippen LogP contribution in [-0.2, 0) is 0 Å². The minimum atomic E-state index is -0.238. The molecule has 0 heterocycles. The molecular weight excluding hydrogens is 188 g/mol. The van der Waals surface area contributed by atoms with Crippen molar-refractivity contribution < 1.29 is 9.90 Å². The first-order valence-corrected chi connectivity index (χ1v) is 5.49. The molecule has 3 aliphatic rings. The maximum atomic E-state index is 12.2. The van der Waals surface area contributed by atoms with Gasteiger partial charge in [0.2, 0.25) is 0 Å². The summed E-state index contributed by atoms with van der Waals surface area (Å²) in [7, 11) is 0. The van der Waals surface area contributed by atoms with Gasteiger partial charge in [0.05, 0.1) is 6.10 Å². The molecule has 0 amide bonds. The third-order valence-electron chi connectivity index (χ3n) is 3.97. The molecule has 0 radical (unpaired) electrons. The van der Waals surface area contributed by atoms with Crippen molar-refractivity contribution in [2.45, 2.75) is 25.4 Å². The summed E-state index contributed by atoms with van der Waals surface area (Å²) in [6.45, 7) is 0. The van der Waals surface area contributed by atoms with Crippen LogP contribution in [0.3, 0.4) is 0 Å². The van der Waals surface area contributed by atoms with E-state index >= 15 is 0 Å². The van der Waals surface area contributed by atoms with Gasteiger partial charge in [0.25, 0.3) is 0 Å². The minimum Gasteiger partial charge on any atom is -0.393 e. The number of carbonyl (C=O) groups excluding carboxylic acids is 1. The number of Topliss-reactive ketones (excluding diaryl/α,β-unsaturated/α-hetero) is 1. The lowest BCUT2D eigenvalue weighted by atomic mass is 9.65. The van der Waals surface area contributed by atoms with Gasteiger partial charge in [0, 0.05) is 11.0 Å². The van der Waals surface area contributed by atoms with Gasteiger partial charge in [-0.2, -0.15) is 0 Å². The van der Waals surface area contributed by atoms with Crippen LogP contribution in [0.5, 0.6) is 0 Å². The van der Waals surface area contributed by atoms with E-state index < -0.39 is 0 Å². The van der Waals surface area contributed by atoms with Crippen LogP contribution >= 0.6 is 0 Å². The molecule has 0 saturated heterocycles. The number of fused-ring (bicyclic) bond motifs is 1. The van der Waals surface area contributed by atoms with Crippen molar-refractivity contribution in [1.29, 1.82) is 0 Å². The second-order valence-electron chi connectivity index (χ2n) is 4.92. The number of benzene rings is 1. The molecule has 4 rings (SSSR count). The molecule has 2 heteroatoms. The minimum absolute atomic E-state index is 0.217.